The summed E-state index contributed by atoms with van der Waals surface area (Å²) < 4.78 is 22.1. The zero-order valence-electron chi connectivity index (χ0n) is 9.52. The molecule has 0 aromatic carbocycles. The molecule has 0 heterocycles. The normalized spacial score (nSPS) is 14.7. The fourth-order valence-corrected chi connectivity index (χ4v) is 4.24. The molecule has 13 heteroatoms. The Bertz CT molecular complexity index is 429. The van der Waals surface area contributed by atoms with Gasteiger partial charge in [-0.1, -0.05) is 0 Å². The first kappa shape index (κ1) is 18.2. The summed E-state index contributed by atoms with van der Waals surface area (Å²) >= 11 is 0. The van der Waals surface area contributed by atoms with E-state index in [9.17, 15) is 18.7 Å². The van der Waals surface area contributed by atoms with E-state index in [0.717, 1.165) is 0 Å². The number of hydrogen-bond acceptors (Lipinski definition) is 5. The highest BCUT2D eigenvalue weighted by Crippen LogP contribution is 2.61. The molecule has 0 spiro atoms. The summed E-state index contributed by atoms with van der Waals surface area (Å²) in [4.78, 5) is 57.0. The third-order valence-electron chi connectivity index (χ3n) is 2.11. The topological polar surface area (TPSA) is 193 Å². The van der Waals surface area contributed by atoms with Crippen molar-refractivity contribution in [3.63, 3.8) is 0 Å². The van der Waals surface area contributed by atoms with E-state index in [1.54, 1.807) is 0 Å². The summed E-state index contributed by atoms with van der Waals surface area (Å²) in [6, 6.07) is -2.00. The van der Waals surface area contributed by atoms with Gasteiger partial charge in [0, 0.05) is 0 Å². The van der Waals surface area contributed by atoms with E-state index in [4.69, 9.17) is 29.8 Å². The van der Waals surface area contributed by atoms with Gasteiger partial charge in [0.1, 0.15) is 6.04 Å². The number of likely N-dealkylation sites (N-methyl/N-ethyl adjacent to an activating group) is 1. The Balaban J connectivity index is 5.57. The SMILES string of the molecule is CN(C(CC(=O)O)C(=O)O)C(P(=O)(O)O)P(=O)(O)O. The third kappa shape index (κ3) is 5.37. The largest absolute Gasteiger partial charge is 0.481 e. The summed E-state index contributed by atoms with van der Waals surface area (Å²) in [6.07, 6.45) is -1.08. The molecule has 11 nitrogen and oxygen atoms in total. The van der Waals surface area contributed by atoms with Crippen LogP contribution in [0.3, 0.4) is 0 Å². The highest BCUT2D eigenvalue weighted by molar-refractivity contribution is 7.70. The molecule has 0 aliphatic rings. The van der Waals surface area contributed by atoms with E-state index in [2.05, 4.69) is 0 Å². The van der Waals surface area contributed by atoms with Gasteiger partial charge in [-0.3, -0.25) is 23.6 Å². The predicted octanol–water partition coefficient (Wildman–Crippen LogP) is -1.51. The maximum absolute atomic E-state index is 11.1. The van der Waals surface area contributed by atoms with Gasteiger partial charge < -0.3 is 29.8 Å². The number of nitrogens with zero attached hydrogens (tertiary/aromatic N) is 1. The smallest absolute Gasteiger partial charge is 0.354 e. The first-order chi connectivity index (χ1) is 8.28. The molecular formula is C6H13NO10P2. The molecule has 0 fully saturated rings. The molecule has 112 valence electrons. The maximum Gasteiger partial charge on any atom is 0.354 e. The summed E-state index contributed by atoms with van der Waals surface area (Å²) in [5.41, 5.74) is -2.72. The van der Waals surface area contributed by atoms with E-state index in [-0.39, 0.29) is 4.90 Å². The highest BCUT2D eigenvalue weighted by atomic mass is 31.2. The zero-order chi connectivity index (χ0) is 15.6. The Labute approximate surface area is 106 Å². The minimum absolute atomic E-state index is 0.165. The molecule has 0 aliphatic carbocycles. The minimum atomic E-state index is -5.38. The van der Waals surface area contributed by atoms with E-state index < -0.39 is 45.1 Å². The maximum atomic E-state index is 11.1. The Kier molecular flexibility index (Phi) is 5.84. The van der Waals surface area contributed by atoms with Crippen LogP contribution in [0.25, 0.3) is 0 Å². The lowest BCUT2D eigenvalue weighted by atomic mass is 10.2. The molecule has 0 saturated heterocycles. The lowest BCUT2D eigenvalue weighted by Crippen LogP contribution is -2.45. The molecule has 1 unspecified atom stereocenters. The fraction of sp³-hybridized carbons (Fsp3) is 0.667. The van der Waals surface area contributed by atoms with Gasteiger partial charge in [0.15, 0.2) is 0 Å². The molecule has 0 aromatic rings. The van der Waals surface area contributed by atoms with Crippen molar-refractivity contribution in [1.29, 1.82) is 0 Å². The Morgan fingerprint density at radius 2 is 1.42 bits per heavy atom. The second-order valence-electron chi connectivity index (χ2n) is 3.64. The van der Waals surface area contributed by atoms with Gasteiger partial charge in [-0.2, -0.15) is 0 Å². The van der Waals surface area contributed by atoms with Crippen molar-refractivity contribution in [2.45, 2.75) is 18.0 Å². The van der Waals surface area contributed by atoms with Gasteiger partial charge in [0.05, 0.1) is 6.42 Å². The van der Waals surface area contributed by atoms with Crippen molar-refractivity contribution in [3.8, 4) is 0 Å². The first-order valence-electron chi connectivity index (χ1n) is 4.55. The highest BCUT2D eigenvalue weighted by Gasteiger charge is 2.49. The van der Waals surface area contributed by atoms with Gasteiger partial charge in [0.2, 0.25) is 5.52 Å². The number of hydrogen-bond donors (Lipinski definition) is 6. The van der Waals surface area contributed by atoms with Crippen molar-refractivity contribution in [2.75, 3.05) is 7.05 Å². The molecule has 0 amide bonds. The lowest BCUT2D eigenvalue weighted by Gasteiger charge is -2.32. The lowest BCUT2D eigenvalue weighted by molar-refractivity contribution is -0.149. The molecule has 0 aliphatic heterocycles. The van der Waals surface area contributed by atoms with Crippen molar-refractivity contribution in [2.24, 2.45) is 0 Å². The van der Waals surface area contributed by atoms with Crippen LogP contribution in [0.4, 0.5) is 0 Å². The van der Waals surface area contributed by atoms with Crippen LogP contribution in [0.5, 0.6) is 0 Å². The van der Waals surface area contributed by atoms with Gasteiger partial charge >= 0.3 is 27.1 Å². The summed E-state index contributed by atoms with van der Waals surface area (Å²) in [6.45, 7) is 0. The molecule has 0 saturated carbocycles. The number of carboxylic acids is 2. The van der Waals surface area contributed by atoms with Crippen molar-refractivity contribution in [1.82, 2.24) is 4.90 Å². The Hall–Kier alpha value is -0.800. The number of rotatable bonds is 7. The zero-order valence-corrected chi connectivity index (χ0v) is 11.3. The van der Waals surface area contributed by atoms with Crippen LogP contribution in [0, 0.1) is 0 Å². The fourth-order valence-electron chi connectivity index (χ4n) is 1.40. The number of aliphatic carboxylic acids is 2. The van der Waals surface area contributed by atoms with Gasteiger partial charge in [-0.15, -0.1) is 0 Å². The molecular weight excluding hydrogens is 308 g/mol. The third-order valence-corrected chi connectivity index (χ3v) is 5.85. The average Bonchev–Trinajstić information content (AvgIpc) is 2.07. The van der Waals surface area contributed by atoms with Gasteiger partial charge in [0.25, 0.3) is 0 Å². The standard InChI is InChI=1S/C6H13NO10P2/c1-7(3(5(10)11)2-4(8)9)6(18(12,13)14)19(15,16)17/h3,6H,2H2,1H3,(H,8,9)(H,10,11)(H2,12,13,14)(H2,15,16,17). The van der Waals surface area contributed by atoms with Crippen LogP contribution in [0.1, 0.15) is 6.42 Å². The van der Waals surface area contributed by atoms with E-state index >= 15 is 0 Å². The van der Waals surface area contributed by atoms with Crippen LogP contribution in [-0.2, 0) is 18.7 Å². The monoisotopic (exact) mass is 321 g/mol. The molecule has 0 aromatic heterocycles. The van der Waals surface area contributed by atoms with Crippen LogP contribution in [0.2, 0.25) is 0 Å². The van der Waals surface area contributed by atoms with Crippen molar-refractivity contribution >= 4 is 27.1 Å². The Morgan fingerprint density at radius 1 is 1.05 bits per heavy atom. The second-order valence-corrected chi connectivity index (χ2v) is 7.38. The molecule has 6 N–H and O–H groups in total. The van der Waals surface area contributed by atoms with Crippen molar-refractivity contribution < 1.29 is 48.5 Å². The summed E-state index contributed by atoms with van der Waals surface area (Å²) in [7, 11) is -10.1. The van der Waals surface area contributed by atoms with Crippen LogP contribution >= 0.6 is 15.2 Å². The average molecular weight is 321 g/mol. The van der Waals surface area contributed by atoms with Gasteiger partial charge in [-0.25, -0.2) is 0 Å². The van der Waals surface area contributed by atoms with E-state index in [0.29, 0.717) is 7.05 Å². The molecule has 0 radical (unpaired) electrons. The minimum Gasteiger partial charge on any atom is -0.481 e. The number of carboxylic acid groups (broad SMARTS) is 2. The van der Waals surface area contributed by atoms with Crippen LogP contribution in [-0.4, -0.2) is 65.2 Å². The Morgan fingerprint density at radius 3 is 1.63 bits per heavy atom. The molecule has 0 rings (SSSR count). The predicted molar refractivity (Wildman–Crippen MR) is 59.3 cm³/mol. The number of carbonyl (C=O) groups is 2. The van der Waals surface area contributed by atoms with Crippen molar-refractivity contribution in [3.05, 3.63) is 0 Å². The van der Waals surface area contributed by atoms with E-state index in [1.807, 2.05) is 0 Å². The van der Waals surface area contributed by atoms with Gasteiger partial charge in [-0.05, 0) is 7.05 Å². The second kappa shape index (κ2) is 6.10. The quantitative estimate of drug-likeness (QED) is 0.298. The summed E-state index contributed by atoms with van der Waals surface area (Å²) in [5, 5.41) is 17.3. The molecule has 1 atom stereocenters. The molecule has 0 bridgehead atoms. The van der Waals surface area contributed by atoms with Crippen LogP contribution < -0.4 is 0 Å². The van der Waals surface area contributed by atoms with E-state index in [1.165, 1.54) is 0 Å². The first-order valence-corrected chi connectivity index (χ1v) is 7.91. The summed E-state index contributed by atoms with van der Waals surface area (Å²) in [5.74, 6) is -3.38. The molecule has 19 heavy (non-hydrogen) atoms. The van der Waals surface area contributed by atoms with Crippen LogP contribution in [0.15, 0.2) is 0 Å².